The molecule has 88 valence electrons. The highest BCUT2D eigenvalue weighted by atomic mass is 16.3. The second kappa shape index (κ2) is 4.22. The summed E-state index contributed by atoms with van der Waals surface area (Å²) in [5.41, 5.74) is 0.609. The molecule has 1 spiro atoms. The maximum atomic E-state index is 5.42. The van der Waals surface area contributed by atoms with Crippen LogP contribution in [0.5, 0.6) is 0 Å². The molecule has 0 amide bonds. The van der Waals surface area contributed by atoms with Gasteiger partial charge in [-0.2, -0.15) is 0 Å². The second-order valence-corrected chi connectivity index (χ2v) is 5.29. The molecule has 0 unspecified atom stereocenters. The highest BCUT2D eigenvalue weighted by molar-refractivity contribution is 5.00. The molecule has 2 fully saturated rings. The van der Waals surface area contributed by atoms with Gasteiger partial charge in [0.05, 0.1) is 12.8 Å². The third-order valence-corrected chi connectivity index (χ3v) is 4.14. The van der Waals surface area contributed by atoms with Crippen LogP contribution < -0.4 is 5.32 Å². The quantitative estimate of drug-likeness (QED) is 0.824. The number of likely N-dealkylation sites (tertiary alicyclic amines) is 1. The summed E-state index contributed by atoms with van der Waals surface area (Å²) in [5, 5.41) is 3.46. The van der Waals surface area contributed by atoms with Gasteiger partial charge in [0.15, 0.2) is 0 Å². The summed E-state index contributed by atoms with van der Waals surface area (Å²) in [6, 6.07) is 4.05. The van der Waals surface area contributed by atoms with E-state index in [0.29, 0.717) is 5.41 Å². The van der Waals surface area contributed by atoms with E-state index in [1.54, 1.807) is 6.26 Å². The van der Waals surface area contributed by atoms with Crippen molar-refractivity contribution in [3.8, 4) is 0 Å². The van der Waals surface area contributed by atoms with E-state index >= 15 is 0 Å². The molecule has 0 aliphatic carbocycles. The molecular formula is C13H20N2O. The van der Waals surface area contributed by atoms with Crippen molar-refractivity contribution in [2.75, 3.05) is 26.2 Å². The first-order chi connectivity index (χ1) is 7.86. The van der Waals surface area contributed by atoms with Crippen LogP contribution in [0.1, 0.15) is 25.0 Å². The monoisotopic (exact) mass is 220 g/mol. The molecule has 2 aliphatic heterocycles. The molecule has 3 heterocycles. The smallest absolute Gasteiger partial charge is 0.117 e. The SMILES string of the molecule is c1coc(CN2CCC3(CCNCC3)C2)c1. The molecule has 0 atom stereocenters. The Bertz CT molecular complexity index is 328. The normalized spacial score (nSPS) is 25.2. The van der Waals surface area contributed by atoms with Crippen LogP contribution >= 0.6 is 0 Å². The topological polar surface area (TPSA) is 28.4 Å². The van der Waals surface area contributed by atoms with Crippen molar-refractivity contribution in [1.29, 1.82) is 0 Å². The number of furan rings is 1. The summed E-state index contributed by atoms with van der Waals surface area (Å²) in [4.78, 5) is 2.55. The van der Waals surface area contributed by atoms with Gasteiger partial charge in [-0.1, -0.05) is 0 Å². The van der Waals surface area contributed by atoms with Crippen LogP contribution in [0.2, 0.25) is 0 Å². The van der Waals surface area contributed by atoms with Gasteiger partial charge < -0.3 is 9.73 Å². The van der Waals surface area contributed by atoms with Crippen LogP contribution in [-0.4, -0.2) is 31.1 Å². The van der Waals surface area contributed by atoms with Gasteiger partial charge >= 0.3 is 0 Å². The lowest BCUT2D eigenvalue weighted by molar-refractivity contribution is 0.189. The summed E-state index contributed by atoms with van der Waals surface area (Å²) in [7, 11) is 0. The Hall–Kier alpha value is -0.800. The van der Waals surface area contributed by atoms with E-state index in [-0.39, 0.29) is 0 Å². The first-order valence-corrected chi connectivity index (χ1v) is 6.32. The Kier molecular flexibility index (Phi) is 2.74. The first kappa shape index (κ1) is 10.4. The molecule has 0 saturated carbocycles. The Morgan fingerprint density at radius 2 is 2.19 bits per heavy atom. The van der Waals surface area contributed by atoms with Gasteiger partial charge in [0.1, 0.15) is 5.76 Å². The summed E-state index contributed by atoms with van der Waals surface area (Å²) in [6.45, 7) is 5.89. The molecular weight excluding hydrogens is 200 g/mol. The summed E-state index contributed by atoms with van der Waals surface area (Å²) in [5.74, 6) is 1.10. The van der Waals surface area contributed by atoms with E-state index in [1.807, 2.05) is 6.07 Å². The minimum absolute atomic E-state index is 0.609. The van der Waals surface area contributed by atoms with Crippen molar-refractivity contribution in [3.05, 3.63) is 24.2 Å². The van der Waals surface area contributed by atoms with E-state index in [0.717, 1.165) is 12.3 Å². The van der Waals surface area contributed by atoms with Crippen molar-refractivity contribution in [2.24, 2.45) is 5.41 Å². The molecule has 1 N–H and O–H groups in total. The lowest BCUT2D eigenvalue weighted by Crippen LogP contribution is -2.38. The minimum atomic E-state index is 0.609. The fourth-order valence-corrected chi connectivity index (χ4v) is 3.15. The number of nitrogens with zero attached hydrogens (tertiary/aromatic N) is 1. The molecule has 0 radical (unpaired) electrons. The molecule has 2 saturated heterocycles. The van der Waals surface area contributed by atoms with Gasteiger partial charge in [-0.15, -0.1) is 0 Å². The molecule has 0 aromatic carbocycles. The lowest BCUT2D eigenvalue weighted by atomic mass is 9.78. The van der Waals surface area contributed by atoms with Crippen molar-refractivity contribution in [1.82, 2.24) is 10.2 Å². The number of rotatable bonds is 2. The minimum Gasteiger partial charge on any atom is -0.468 e. The van der Waals surface area contributed by atoms with Crippen molar-refractivity contribution < 1.29 is 4.42 Å². The molecule has 1 aromatic rings. The zero-order valence-corrected chi connectivity index (χ0v) is 9.74. The van der Waals surface area contributed by atoms with E-state index in [1.165, 1.54) is 45.4 Å². The molecule has 0 bridgehead atoms. The lowest BCUT2D eigenvalue weighted by Gasteiger charge is -2.33. The van der Waals surface area contributed by atoms with Crippen LogP contribution in [-0.2, 0) is 6.54 Å². The molecule has 3 nitrogen and oxygen atoms in total. The predicted molar refractivity (Wildman–Crippen MR) is 63.1 cm³/mol. The average molecular weight is 220 g/mol. The van der Waals surface area contributed by atoms with Crippen LogP contribution in [0, 0.1) is 5.41 Å². The van der Waals surface area contributed by atoms with E-state index < -0.39 is 0 Å². The van der Waals surface area contributed by atoms with Crippen LogP contribution in [0.4, 0.5) is 0 Å². The fourth-order valence-electron chi connectivity index (χ4n) is 3.15. The van der Waals surface area contributed by atoms with E-state index in [4.69, 9.17) is 4.42 Å². The highest BCUT2D eigenvalue weighted by Gasteiger charge is 2.38. The molecule has 3 rings (SSSR count). The average Bonchev–Trinajstić information content (AvgIpc) is 2.92. The maximum Gasteiger partial charge on any atom is 0.117 e. The summed E-state index contributed by atoms with van der Waals surface area (Å²) >= 11 is 0. The predicted octanol–water partition coefficient (Wildman–Crippen LogP) is 1.86. The Morgan fingerprint density at radius 3 is 2.94 bits per heavy atom. The van der Waals surface area contributed by atoms with Gasteiger partial charge in [0, 0.05) is 6.54 Å². The Labute approximate surface area is 96.8 Å². The van der Waals surface area contributed by atoms with E-state index in [2.05, 4.69) is 16.3 Å². The first-order valence-electron chi connectivity index (χ1n) is 6.32. The van der Waals surface area contributed by atoms with Crippen molar-refractivity contribution in [2.45, 2.75) is 25.8 Å². The largest absolute Gasteiger partial charge is 0.468 e. The van der Waals surface area contributed by atoms with Crippen LogP contribution in [0.15, 0.2) is 22.8 Å². The molecule has 3 heteroatoms. The third-order valence-electron chi connectivity index (χ3n) is 4.14. The second-order valence-electron chi connectivity index (χ2n) is 5.29. The number of hydrogen-bond acceptors (Lipinski definition) is 3. The summed E-state index contributed by atoms with van der Waals surface area (Å²) in [6.07, 6.45) is 5.84. The molecule has 2 aliphatic rings. The van der Waals surface area contributed by atoms with Gasteiger partial charge in [-0.25, -0.2) is 0 Å². The van der Waals surface area contributed by atoms with Gasteiger partial charge in [-0.05, 0) is 56.4 Å². The Morgan fingerprint density at radius 1 is 1.31 bits per heavy atom. The van der Waals surface area contributed by atoms with E-state index in [9.17, 15) is 0 Å². The number of piperidine rings is 1. The summed E-state index contributed by atoms with van der Waals surface area (Å²) < 4.78 is 5.42. The van der Waals surface area contributed by atoms with Crippen molar-refractivity contribution in [3.63, 3.8) is 0 Å². The number of hydrogen-bond donors (Lipinski definition) is 1. The molecule has 1 aromatic heterocycles. The van der Waals surface area contributed by atoms with Crippen LogP contribution in [0.3, 0.4) is 0 Å². The maximum absolute atomic E-state index is 5.42. The molecule has 16 heavy (non-hydrogen) atoms. The Balaban J connectivity index is 1.60. The standard InChI is InChI=1S/C13H20N2O/c1-2-12(16-9-1)10-15-8-5-13(11-15)3-6-14-7-4-13/h1-2,9,14H,3-8,10-11H2. The fraction of sp³-hybridized carbons (Fsp3) is 0.692. The van der Waals surface area contributed by atoms with Crippen molar-refractivity contribution >= 4 is 0 Å². The van der Waals surface area contributed by atoms with Crippen LogP contribution in [0.25, 0.3) is 0 Å². The zero-order valence-electron chi connectivity index (χ0n) is 9.74. The van der Waals surface area contributed by atoms with Gasteiger partial charge in [0.2, 0.25) is 0 Å². The van der Waals surface area contributed by atoms with Gasteiger partial charge in [0.25, 0.3) is 0 Å². The van der Waals surface area contributed by atoms with Gasteiger partial charge in [-0.3, -0.25) is 4.90 Å². The highest BCUT2D eigenvalue weighted by Crippen LogP contribution is 2.38. The zero-order chi connectivity index (χ0) is 10.8. The number of nitrogens with one attached hydrogen (secondary N) is 1. The third kappa shape index (κ3) is 2.02.